The van der Waals surface area contributed by atoms with Crippen molar-refractivity contribution in [3.8, 4) is 0 Å². The van der Waals surface area contributed by atoms with E-state index >= 15 is 0 Å². The van der Waals surface area contributed by atoms with Gasteiger partial charge < -0.3 is 28.5 Å². The summed E-state index contributed by atoms with van der Waals surface area (Å²) in [6.45, 7) is 4.79. The monoisotopic (exact) mass is 1130 g/mol. The van der Waals surface area contributed by atoms with Gasteiger partial charge in [0.25, 0.3) is 6.29 Å². The molecule has 2 unspecified atom stereocenters. The van der Waals surface area contributed by atoms with E-state index in [1.807, 2.05) is 21.1 Å². The van der Waals surface area contributed by atoms with E-state index in [-0.39, 0.29) is 32.2 Å². The number of allylic oxidation sites excluding steroid dienone is 16. The zero-order valence-corrected chi connectivity index (χ0v) is 53.2. The lowest BCUT2D eigenvalue weighted by Gasteiger charge is -2.25. The molecule has 0 aromatic carbocycles. The Labute approximate surface area is 499 Å². The smallest absolute Gasteiger partial charge is 0.361 e. The SMILES string of the molecule is CC/C=C\C/C=C\C/C=C\C/C=C\C/C=C\C/C=C\C/C=C\C/C=C\CCCCCCCCCCCCCCCCC(=O)OC(COC(=O)CCCCCCCCCCCCCCCCCCC)COC(OCC[N+](C)(C)C)C(=O)O. The fraction of sp³-hybridized carbons (Fsp3) is 0.736. The number of carbonyl (C=O) groups is 3. The number of carboxylic acids is 1. The molecule has 0 bridgehead atoms. The molecule has 2 atom stereocenters. The van der Waals surface area contributed by atoms with Gasteiger partial charge in [-0.05, 0) is 77.0 Å². The molecule has 0 spiro atoms. The Morgan fingerprint density at radius 1 is 0.383 bits per heavy atom. The van der Waals surface area contributed by atoms with Gasteiger partial charge >= 0.3 is 17.9 Å². The van der Waals surface area contributed by atoms with Gasteiger partial charge in [0.05, 0.1) is 34.4 Å². The van der Waals surface area contributed by atoms with Crippen LogP contribution in [-0.2, 0) is 33.3 Å². The maximum absolute atomic E-state index is 12.9. The second-order valence-corrected chi connectivity index (χ2v) is 23.4. The van der Waals surface area contributed by atoms with E-state index in [0.717, 1.165) is 89.9 Å². The van der Waals surface area contributed by atoms with E-state index in [1.54, 1.807) is 0 Å². The first-order valence-corrected chi connectivity index (χ1v) is 33.4. The number of nitrogens with zero attached hydrogens (tertiary/aromatic N) is 1. The number of carboxylic acid groups (broad SMARTS) is 1. The van der Waals surface area contributed by atoms with Gasteiger partial charge in [0, 0.05) is 12.8 Å². The number of ether oxygens (including phenoxy) is 4. The van der Waals surface area contributed by atoms with Gasteiger partial charge in [0.2, 0.25) is 0 Å². The summed E-state index contributed by atoms with van der Waals surface area (Å²) in [5, 5.41) is 9.72. The molecular weight excluding hydrogens is 1010 g/mol. The van der Waals surface area contributed by atoms with E-state index in [1.165, 1.54) is 167 Å². The Morgan fingerprint density at radius 2 is 0.704 bits per heavy atom. The van der Waals surface area contributed by atoms with Gasteiger partial charge in [-0.15, -0.1) is 0 Å². The zero-order chi connectivity index (χ0) is 59.1. The quantitative estimate of drug-likeness (QED) is 0.0211. The minimum atomic E-state index is -1.51. The number of likely N-dealkylation sites (N-methyl/N-ethyl adjacent to an activating group) is 1. The summed E-state index contributed by atoms with van der Waals surface area (Å²) in [7, 11) is 5.98. The first-order valence-electron chi connectivity index (χ1n) is 33.4. The maximum atomic E-state index is 12.9. The van der Waals surface area contributed by atoms with Crippen LogP contribution in [0.4, 0.5) is 0 Å². The van der Waals surface area contributed by atoms with Crippen LogP contribution in [-0.4, -0.2) is 87.4 Å². The molecule has 0 rings (SSSR count). The van der Waals surface area contributed by atoms with Crippen molar-refractivity contribution in [3.05, 3.63) is 97.2 Å². The lowest BCUT2D eigenvalue weighted by atomic mass is 10.0. The summed E-state index contributed by atoms with van der Waals surface area (Å²) in [5.41, 5.74) is 0. The predicted molar refractivity (Wildman–Crippen MR) is 345 cm³/mol. The third-order valence-corrected chi connectivity index (χ3v) is 14.4. The van der Waals surface area contributed by atoms with Gasteiger partial charge in [-0.2, -0.15) is 0 Å². The van der Waals surface area contributed by atoms with Crippen LogP contribution in [0.25, 0.3) is 0 Å². The number of quaternary nitrogens is 1. The molecule has 0 aromatic heterocycles. The number of rotatable bonds is 61. The molecule has 9 heteroatoms. The Kier molecular flexibility index (Phi) is 59.3. The standard InChI is InChI=1S/C72H125NO8/c1-6-8-10-12-14-16-18-20-22-24-25-26-27-28-29-30-31-32-33-34-35-36-37-38-39-40-41-42-43-44-45-47-49-51-53-55-57-59-61-63-70(75)81-68(67-80-72(71(76)77)78-65-64-73(3,4)5)66-79-69(74)62-60-58-56-54-52-50-48-46-23-21-19-17-15-13-11-9-7-2/h8,10,14,16,20,22,25-26,28-29,31-32,34-35,37-38,68,72H,6-7,9,11-13,15,17-19,21,23-24,27,30,33,36,39-67H2,1-5H3/p+1/b10-8-,16-14-,22-20-,26-25-,29-28-,32-31-,35-34-,38-37-. The molecule has 466 valence electrons. The van der Waals surface area contributed by atoms with Crippen LogP contribution in [0.2, 0.25) is 0 Å². The molecule has 9 nitrogen and oxygen atoms in total. The van der Waals surface area contributed by atoms with E-state index in [9.17, 15) is 19.5 Å². The van der Waals surface area contributed by atoms with Crippen LogP contribution in [0.5, 0.6) is 0 Å². The van der Waals surface area contributed by atoms with Crippen molar-refractivity contribution in [2.75, 3.05) is 47.5 Å². The van der Waals surface area contributed by atoms with Crippen LogP contribution >= 0.6 is 0 Å². The highest BCUT2D eigenvalue weighted by Crippen LogP contribution is 2.17. The summed E-state index contributed by atoms with van der Waals surface area (Å²) in [5.74, 6) is -1.99. The fourth-order valence-corrected chi connectivity index (χ4v) is 9.27. The third kappa shape index (κ3) is 63.6. The van der Waals surface area contributed by atoms with Crippen molar-refractivity contribution in [1.29, 1.82) is 0 Å². The van der Waals surface area contributed by atoms with Crippen LogP contribution in [0.3, 0.4) is 0 Å². The van der Waals surface area contributed by atoms with Crippen molar-refractivity contribution in [3.63, 3.8) is 0 Å². The molecule has 0 saturated carbocycles. The molecular formula is C72H126NO8+. The molecule has 0 aliphatic heterocycles. The Hall–Kier alpha value is -3.79. The van der Waals surface area contributed by atoms with Crippen molar-refractivity contribution in [2.45, 2.75) is 296 Å². The largest absolute Gasteiger partial charge is 0.477 e. The average molecular weight is 1130 g/mol. The lowest BCUT2D eigenvalue weighted by molar-refractivity contribution is -0.870. The normalized spacial score (nSPS) is 13.3. The lowest BCUT2D eigenvalue weighted by Crippen LogP contribution is -2.40. The molecule has 0 aliphatic rings. The average Bonchev–Trinajstić information content (AvgIpc) is 3.44. The number of hydrogen-bond acceptors (Lipinski definition) is 7. The van der Waals surface area contributed by atoms with Gasteiger partial charge in [0.15, 0.2) is 6.10 Å². The number of esters is 2. The van der Waals surface area contributed by atoms with Gasteiger partial charge in [-0.3, -0.25) is 9.59 Å². The Balaban J connectivity index is 4.08. The first-order chi connectivity index (χ1) is 39.6. The topological polar surface area (TPSA) is 108 Å². The van der Waals surface area contributed by atoms with Crippen LogP contribution in [0.15, 0.2) is 97.2 Å². The summed E-state index contributed by atoms with van der Waals surface area (Å²) in [6.07, 6.45) is 82.2. The van der Waals surface area contributed by atoms with Crippen molar-refractivity contribution >= 4 is 17.9 Å². The highest BCUT2D eigenvalue weighted by atomic mass is 16.7. The number of carbonyl (C=O) groups excluding carboxylic acids is 2. The van der Waals surface area contributed by atoms with E-state index in [0.29, 0.717) is 17.4 Å². The first kappa shape index (κ1) is 77.2. The number of hydrogen-bond donors (Lipinski definition) is 1. The van der Waals surface area contributed by atoms with Crippen molar-refractivity contribution in [2.24, 2.45) is 0 Å². The van der Waals surface area contributed by atoms with E-state index in [4.69, 9.17) is 18.9 Å². The summed E-state index contributed by atoms with van der Waals surface area (Å²) in [4.78, 5) is 37.5. The molecule has 0 fully saturated rings. The third-order valence-electron chi connectivity index (χ3n) is 14.4. The second-order valence-electron chi connectivity index (χ2n) is 23.4. The summed E-state index contributed by atoms with van der Waals surface area (Å²) >= 11 is 0. The molecule has 0 amide bonds. The predicted octanol–water partition coefficient (Wildman–Crippen LogP) is 20.5. The Morgan fingerprint density at radius 3 is 1.05 bits per heavy atom. The van der Waals surface area contributed by atoms with Gasteiger partial charge in [-0.25, -0.2) is 4.79 Å². The van der Waals surface area contributed by atoms with Crippen molar-refractivity contribution < 1.29 is 42.9 Å². The summed E-state index contributed by atoms with van der Waals surface area (Å²) < 4.78 is 22.9. The van der Waals surface area contributed by atoms with Crippen LogP contribution in [0, 0.1) is 0 Å². The number of aliphatic carboxylic acids is 1. The molecule has 0 aliphatic carbocycles. The fourth-order valence-electron chi connectivity index (χ4n) is 9.27. The van der Waals surface area contributed by atoms with Crippen molar-refractivity contribution in [1.82, 2.24) is 0 Å². The molecule has 0 radical (unpaired) electrons. The van der Waals surface area contributed by atoms with Gasteiger partial charge in [0.1, 0.15) is 13.2 Å². The molecule has 1 N–H and O–H groups in total. The molecule has 0 saturated heterocycles. The second kappa shape index (κ2) is 62.3. The van der Waals surface area contributed by atoms with E-state index in [2.05, 4.69) is 111 Å². The Bertz CT molecular complexity index is 1650. The number of unbranched alkanes of at least 4 members (excludes halogenated alkanes) is 30. The minimum Gasteiger partial charge on any atom is -0.477 e. The molecule has 0 aromatic rings. The van der Waals surface area contributed by atoms with Gasteiger partial charge in [-0.1, -0.05) is 291 Å². The minimum absolute atomic E-state index is 0.181. The molecule has 0 heterocycles. The zero-order valence-electron chi connectivity index (χ0n) is 53.2. The van der Waals surface area contributed by atoms with Crippen LogP contribution < -0.4 is 0 Å². The molecule has 81 heavy (non-hydrogen) atoms. The highest BCUT2D eigenvalue weighted by molar-refractivity contribution is 5.71. The maximum Gasteiger partial charge on any atom is 0.361 e. The van der Waals surface area contributed by atoms with Crippen LogP contribution in [0.1, 0.15) is 284 Å². The highest BCUT2D eigenvalue weighted by Gasteiger charge is 2.25. The van der Waals surface area contributed by atoms with E-state index < -0.39 is 24.3 Å². The summed E-state index contributed by atoms with van der Waals surface area (Å²) in [6, 6.07) is 0.